The molecule has 0 radical (unpaired) electrons. The van der Waals surface area contributed by atoms with Crippen LogP contribution in [0.1, 0.15) is 29.8 Å². The molecule has 0 aliphatic heterocycles. The smallest absolute Gasteiger partial charge is 0.356 e. The zero-order chi connectivity index (χ0) is 13.0. The first-order valence-corrected chi connectivity index (χ1v) is 5.93. The summed E-state index contributed by atoms with van der Waals surface area (Å²) in [7, 11) is 1.70. The minimum absolute atomic E-state index is 0.0401. The van der Waals surface area contributed by atoms with Gasteiger partial charge in [0.1, 0.15) is 5.82 Å². The molecule has 2 N–H and O–H groups in total. The van der Waals surface area contributed by atoms with Crippen LogP contribution in [0.5, 0.6) is 0 Å². The average Bonchev–Trinajstić information content (AvgIpc) is 3.15. The molecule has 18 heavy (non-hydrogen) atoms. The molecule has 98 valence electrons. The van der Waals surface area contributed by atoms with Gasteiger partial charge < -0.3 is 15.2 Å². The standard InChI is InChI=1S/C12H17N3O3/c1-18-5-4-12(2-3-12)8-14-10-7-13-6-9(15-10)11(16)17/h6-7H,2-5,8H2,1H3,(H,14,15)(H,16,17). The molecule has 0 spiro atoms. The lowest BCUT2D eigenvalue weighted by molar-refractivity contribution is 0.0690. The average molecular weight is 251 g/mol. The van der Waals surface area contributed by atoms with Gasteiger partial charge in [-0.25, -0.2) is 9.78 Å². The van der Waals surface area contributed by atoms with Gasteiger partial charge in [0, 0.05) is 20.3 Å². The van der Waals surface area contributed by atoms with Crippen molar-refractivity contribution in [2.24, 2.45) is 5.41 Å². The molecule has 1 aromatic rings. The summed E-state index contributed by atoms with van der Waals surface area (Å²) in [6.07, 6.45) is 6.15. The van der Waals surface area contributed by atoms with E-state index in [1.54, 1.807) is 13.3 Å². The van der Waals surface area contributed by atoms with Gasteiger partial charge in [0.25, 0.3) is 0 Å². The largest absolute Gasteiger partial charge is 0.476 e. The monoisotopic (exact) mass is 251 g/mol. The van der Waals surface area contributed by atoms with Gasteiger partial charge in [0.2, 0.25) is 0 Å². The number of aromatic nitrogens is 2. The number of methoxy groups -OCH3 is 1. The second kappa shape index (κ2) is 5.30. The Morgan fingerprint density at radius 2 is 2.33 bits per heavy atom. The van der Waals surface area contributed by atoms with Crippen molar-refractivity contribution in [3.05, 3.63) is 18.1 Å². The molecule has 0 amide bonds. The van der Waals surface area contributed by atoms with E-state index in [0.29, 0.717) is 5.82 Å². The number of carbonyl (C=O) groups is 1. The van der Waals surface area contributed by atoms with Gasteiger partial charge in [-0.2, -0.15) is 0 Å². The predicted molar refractivity (Wildman–Crippen MR) is 65.6 cm³/mol. The van der Waals surface area contributed by atoms with Gasteiger partial charge in [-0.05, 0) is 24.7 Å². The van der Waals surface area contributed by atoms with E-state index in [0.717, 1.165) is 19.6 Å². The highest BCUT2D eigenvalue weighted by atomic mass is 16.5. The summed E-state index contributed by atoms with van der Waals surface area (Å²) in [6, 6.07) is 0. The SMILES string of the molecule is COCCC1(CNc2cncc(C(=O)O)n2)CC1. The van der Waals surface area contributed by atoms with Crippen LogP contribution in [-0.2, 0) is 4.74 Å². The molecule has 0 saturated heterocycles. The van der Waals surface area contributed by atoms with Crippen molar-refractivity contribution >= 4 is 11.8 Å². The summed E-state index contributed by atoms with van der Waals surface area (Å²) < 4.78 is 5.09. The third kappa shape index (κ3) is 3.16. The molecule has 1 fully saturated rings. The van der Waals surface area contributed by atoms with Gasteiger partial charge in [0.15, 0.2) is 5.69 Å². The minimum atomic E-state index is -1.06. The second-order valence-corrected chi connectivity index (χ2v) is 4.69. The molecule has 0 aromatic carbocycles. The van der Waals surface area contributed by atoms with Gasteiger partial charge in [-0.3, -0.25) is 4.98 Å². The lowest BCUT2D eigenvalue weighted by Crippen LogP contribution is -2.18. The molecule has 0 atom stereocenters. The number of hydrogen-bond acceptors (Lipinski definition) is 5. The summed E-state index contributed by atoms with van der Waals surface area (Å²) >= 11 is 0. The van der Waals surface area contributed by atoms with Crippen molar-refractivity contribution < 1.29 is 14.6 Å². The van der Waals surface area contributed by atoms with E-state index >= 15 is 0 Å². The molecule has 1 aliphatic carbocycles. The van der Waals surface area contributed by atoms with E-state index in [1.807, 2.05) is 0 Å². The number of anilines is 1. The molecule has 6 heteroatoms. The fraction of sp³-hybridized carbons (Fsp3) is 0.583. The molecule has 0 unspecified atom stereocenters. The van der Waals surface area contributed by atoms with Gasteiger partial charge >= 0.3 is 5.97 Å². The molecule has 1 aromatic heterocycles. The molecule has 2 rings (SSSR count). The maximum absolute atomic E-state index is 10.8. The Balaban J connectivity index is 1.90. The number of nitrogens with zero attached hydrogens (tertiary/aromatic N) is 2. The zero-order valence-electron chi connectivity index (χ0n) is 10.3. The fourth-order valence-corrected chi connectivity index (χ4v) is 1.84. The predicted octanol–water partition coefficient (Wildman–Crippen LogP) is 1.40. The molecule has 0 bridgehead atoms. The quantitative estimate of drug-likeness (QED) is 0.762. The number of nitrogens with one attached hydrogen (secondary N) is 1. The Kier molecular flexibility index (Phi) is 3.76. The van der Waals surface area contributed by atoms with Crippen LogP contribution < -0.4 is 5.32 Å². The first kappa shape index (κ1) is 12.8. The van der Waals surface area contributed by atoms with Crippen LogP contribution in [0.15, 0.2) is 12.4 Å². The van der Waals surface area contributed by atoms with Crippen LogP contribution in [0.4, 0.5) is 5.82 Å². The first-order valence-electron chi connectivity index (χ1n) is 5.93. The highest BCUT2D eigenvalue weighted by Gasteiger charge is 2.41. The number of rotatable bonds is 7. The minimum Gasteiger partial charge on any atom is -0.476 e. The van der Waals surface area contributed by atoms with E-state index in [9.17, 15) is 4.79 Å². The lowest BCUT2D eigenvalue weighted by Gasteiger charge is -2.15. The van der Waals surface area contributed by atoms with Crippen LogP contribution in [0.2, 0.25) is 0 Å². The summed E-state index contributed by atoms with van der Waals surface area (Å²) in [4.78, 5) is 18.6. The van der Waals surface area contributed by atoms with E-state index < -0.39 is 5.97 Å². The van der Waals surface area contributed by atoms with Crippen molar-refractivity contribution in [2.45, 2.75) is 19.3 Å². The maximum Gasteiger partial charge on any atom is 0.356 e. The highest BCUT2D eigenvalue weighted by molar-refractivity contribution is 5.85. The molecule has 1 saturated carbocycles. The van der Waals surface area contributed by atoms with Crippen molar-refractivity contribution in [1.82, 2.24) is 9.97 Å². The summed E-state index contributed by atoms with van der Waals surface area (Å²) in [5, 5.41) is 12.0. The Morgan fingerprint density at radius 1 is 1.56 bits per heavy atom. The van der Waals surface area contributed by atoms with Crippen molar-refractivity contribution in [3.8, 4) is 0 Å². The van der Waals surface area contributed by atoms with Crippen molar-refractivity contribution in [3.63, 3.8) is 0 Å². The van der Waals surface area contributed by atoms with Crippen LogP contribution in [0, 0.1) is 5.41 Å². The van der Waals surface area contributed by atoms with Crippen LogP contribution in [-0.4, -0.2) is 41.3 Å². The van der Waals surface area contributed by atoms with E-state index in [4.69, 9.17) is 9.84 Å². The summed E-state index contributed by atoms with van der Waals surface area (Å²) in [5.41, 5.74) is 0.249. The second-order valence-electron chi connectivity index (χ2n) is 4.69. The number of carboxylic acid groups (broad SMARTS) is 1. The molecular formula is C12H17N3O3. The zero-order valence-corrected chi connectivity index (χ0v) is 10.3. The highest BCUT2D eigenvalue weighted by Crippen LogP contribution is 2.48. The summed E-state index contributed by atoms with van der Waals surface area (Å²) in [5.74, 6) is -0.551. The number of carboxylic acids is 1. The third-order valence-electron chi connectivity index (χ3n) is 3.29. The third-order valence-corrected chi connectivity index (χ3v) is 3.29. The van der Waals surface area contributed by atoms with Crippen LogP contribution >= 0.6 is 0 Å². The molecular weight excluding hydrogens is 234 g/mol. The van der Waals surface area contributed by atoms with Crippen LogP contribution in [0.25, 0.3) is 0 Å². The lowest BCUT2D eigenvalue weighted by atomic mass is 10.0. The number of aromatic carboxylic acids is 1. The summed E-state index contributed by atoms with van der Waals surface area (Å²) in [6.45, 7) is 1.54. The topological polar surface area (TPSA) is 84.3 Å². The fourth-order valence-electron chi connectivity index (χ4n) is 1.84. The maximum atomic E-state index is 10.8. The van der Waals surface area contributed by atoms with E-state index in [-0.39, 0.29) is 11.1 Å². The Hall–Kier alpha value is -1.69. The van der Waals surface area contributed by atoms with E-state index in [1.165, 1.54) is 19.0 Å². The molecule has 6 nitrogen and oxygen atoms in total. The van der Waals surface area contributed by atoms with E-state index in [2.05, 4.69) is 15.3 Å². The Labute approximate surface area is 105 Å². The Bertz CT molecular complexity index is 432. The van der Waals surface area contributed by atoms with Gasteiger partial charge in [0.05, 0.1) is 12.4 Å². The number of hydrogen-bond donors (Lipinski definition) is 2. The van der Waals surface area contributed by atoms with Crippen molar-refractivity contribution in [2.75, 3.05) is 25.6 Å². The molecule has 1 aliphatic rings. The van der Waals surface area contributed by atoms with Gasteiger partial charge in [-0.1, -0.05) is 0 Å². The molecule has 1 heterocycles. The van der Waals surface area contributed by atoms with Crippen LogP contribution in [0.3, 0.4) is 0 Å². The van der Waals surface area contributed by atoms with Crippen molar-refractivity contribution in [1.29, 1.82) is 0 Å². The Morgan fingerprint density at radius 3 is 2.94 bits per heavy atom. The van der Waals surface area contributed by atoms with Gasteiger partial charge in [-0.15, -0.1) is 0 Å². The first-order chi connectivity index (χ1) is 8.65. The number of ether oxygens (including phenoxy) is 1. The normalized spacial score (nSPS) is 16.3.